The lowest BCUT2D eigenvalue weighted by Gasteiger charge is -2.24. The van der Waals surface area contributed by atoms with Gasteiger partial charge in [-0.3, -0.25) is 14.5 Å². The van der Waals surface area contributed by atoms with Gasteiger partial charge in [0.05, 0.1) is 29.9 Å². The summed E-state index contributed by atoms with van der Waals surface area (Å²) in [6.07, 6.45) is 2.67. The molecule has 1 saturated heterocycles. The van der Waals surface area contributed by atoms with E-state index in [9.17, 15) is 14.7 Å². The first-order valence-electron chi connectivity index (χ1n) is 7.26. The molecule has 0 radical (unpaired) electrons. The van der Waals surface area contributed by atoms with Gasteiger partial charge in [-0.25, -0.2) is 4.98 Å². The smallest absolute Gasteiger partial charge is 0.317 e. The minimum Gasteiger partial charge on any atom is -0.480 e. The molecule has 1 fully saturated rings. The quantitative estimate of drug-likeness (QED) is 0.780. The minimum atomic E-state index is -0.953. The third-order valence-corrected chi connectivity index (χ3v) is 4.77. The van der Waals surface area contributed by atoms with Gasteiger partial charge in [0.2, 0.25) is 0 Å². The minimum absolute atomic E-state index is 0.148. The van der Waals surface area contributed by atoms with Crippen molar-refractivity contribution in [2.45, 2.75) is 31.9 Å². The van der Waals surface area contributed by atoms with Crippen molar-refractivity contribution in [3.63, 3.8) is 0 Å². The molecule has 1 aliphatic heterocycles. The molecular formula is C14H21N3O4S. The summed E-state index contributed by atoms with van der Waals surface area (Å²) in [5, 5.41) is 19.8. The zero-order valence-corrected chi connectivity index (χ0v) is 13.5. The number of carboxylic acid groups (broad SMARTS) is 1. The zero-order chi connectivity index (χ0) is 16.3. The normalized spacial score (nSPS) is 21.5. The number of thiazole rings is 1. The summed E-state index contributed by atoms with van der Waals surface area (Å²) < 4.78 is 0. The summed E-state index contributed by atoms with van der Waals surface area (Å²) in [5.41, 5.74) is 0. The largest absolute Gasteiger partial charge is 0.480 e. The molecule has 0 aromatic carbocycles. The summed E-state index contributed by atoms with van der Waals surface area (Å²) in [4.78, 5) is 31.1. The number of likely N-dealkylation sites (tertiary alicyclic amines) is 1. The average molecular weight is 327 g/mol. The van der Waals surface area contributed by atoms with Gasteiger partial charge < -0.3 is 15.1 Å². The van der Waals surface area contributed by atoms with Crippen molar-refractivity contribution in [2.75, 3.05) is 26.7 Å². The molecule has 22 heavy (non-hydrogen) atoms. The van der Waals surface area contributed by atoms with Crippen molar-refractivity contribution in [3.05, 3.63) is 16.1 Å². The van der Waals surface area contributed by atoms with Crippen LogP contribution in [0.2, 0.25) is 0 Å². The van der Waals surface area contributed by atoms with Crippen LogP contribution in [0.15, 0.2) is 6.20 Å². The summed E-state index contributed by atoms with van der Waals surface area (Å²) in [7, 11) is 1.64. The van der Waals surface area contributed by atoms with Gasteiger partial charge >= 0.3 is 5.97 Å². The first kappa shape index (κ1) is 16.9. The fraction of sp³-hybridized carbons (Fsp3) is 0.643. The molecule has 1 amide bonds. The first-order valence-corrected chi connectivity index (χ1v) is 8.08. The van der Waals surface area contributed by atoms with Crippen LogP contribution in [-0.4, -0.2) is 75.7 Å². The van der Waals surface area contributed by atoms with E-state index in [1.807, 2.05) is 0 Å². The Bertz CT molecular complexity index is 548. The number of rotatable bonds is 6. The van der Waals surface area contributed by atoms with Crippen LogP contribution in [0.3, 0.4) is 0 Å². The average Bonchev–Trinajstić information content (AvgIpc) is 3.04. The fourth-order valence-corrected chi connectivity index (χ4v) is 3.58. The number of carbonyl (C=O) groups is 2. The molecule has 0 bridgehead atoms. The van der Waals surface area contributed by atoms with Gasteiger partial charge in [0.1, 0.15) is 4.88 Å². The van der Waals surface area contributed by atoms with Crippen LogP contribution >= 0.6 is 11.3 Å². The zero-order valence-electron chi connectivity index (χ0n) is 12.7. The Morgan fingerprint density at radius 3 is 2.86 bits per heavy atom. The molecule has 0 saturated carbocycles. The maximum atomic E-state index is 12.5. The lowest BCUT2D eigenvalue weighted by atomic mass is 10.2. The lowest BCUT2D eigenvalue weighted by Crippen LogP contribution is -2.43. The van der Waals surface area contributed by atoms with Crippen LogP contribution < -0.4 is 0 Å². The highest BCUT2D eigenvalue weighted by molar-refractivity contribution is 7.13. The summed E-state index contributed by atoms with van der Waals surface area (Å²) in [5.74, 6) is -1.10. The second-order valence-electron chi connectivity index (χ2n) is 5.52. The van der Waals surface area contributed by atoms with Crippen LogP contribution in [0, 0.1) is 0 Å². The first-order chi connectivity index (χ1) is 10.4. The molecule has 0 spiro atoms. The molecule has 122 valence electrons. The third-order valence-electron chi connectivity index (χ3n) is 3.73. The van der Waals surface area contributed by atoms with Crippen molar-refractivity contribution >= 4 is 23.2 Å². The number of nitrogens with zero attached hydrogens (tertiary/aromatic N) is 3. The van der Waals surface area contributed by atoms with E-state index >= 15 is 0 Å². The van der Waals surface area contributed by atoms with E-state index in [0.29, 0.717) is 11.4 Å². The Morgan fingerprint density at radius 2 is 2.23 bits per heavy atom. The number of aliphatic carboxylic acids is 1. The molecule has 0 aliphatic carbocycles. The number of aryl methyl sites for hydroxylation is 1. The highest BCUT2D eigenvalue weighted by atomic mass is 32.1. The maximum Gasteiger partial charge on any atom is 0.317 e. The number of likely N-dealkylation sites (N-methyl/N-ethyl adjacent to an activating group) is 1. The molecule has 2 N–H and O–H groups in total. The van der Waals surface area contributed by atoms with E-state index in [4.69, 9.17) is 5.11 Å². The predicted octanol–water partition coefficient (Wildman–Crippen LogP) is 0.297. The van der Waals surface area contributed by atoms with E-state index in [1.54, 1.807) is 23.0 Å². The fourth-order valence-electron chi connectivity index (χ4n) is 2.59. The van der Waals surface area contributed by atoms with Gasteiger partial charge in [0.25, 0.3) is 5.91 Å². The molecule has 7 nitrogen and oxygen atoms in total. The molecule has 2 heterocycles. The topological polar surface area (TPSA) is 94.0 Å². The maximum absolute atomic E-state index is 12.5. The molecule has 8 heteroatoms. The van der Waals surface area contributed by atoms with Gasteiger partial charge in [-0.2, -0.15) is 0 Å². The van der Waals surface area contributed by atoms with Gasteiger partial charge in [-0.1, -0.05) is 6.92 Å². The van der Waals surface area contributed by atoms with Crippen molar-refractivity contribution in [1.82, 2.24) is 14.8 Å². The van der Waals surface area contributed by atoms with E-state index in [-0.39, 0.29) is 25.0 Å². The summed E-state index contributed by atoms with van der Waals surface area (Å²) >= 11 is 1.38. The third kappa shape index (κ3) is 3.82. The number of carbonyl (C=O) groups excluding carboxylic acids is 1. The molecule has 2 atom stereocenters. The van der Waals surface area contributed by atoms with Gasteiger partial charge in [0, 0.05) is 13.1 Å². The second kappa shape index (κ2) is 7.17. The standard InChI is InChI=1S/C14H21N3O4S/c1-3-4-12-15-5-11(22-12)14(21)17-6-9(10(18)7-17)16(2)8-13(19)20/h5,9-10,18H,3-4,6-8H2,1-2H3,(H,19,20)/t9-,10+/m0/s1. The molecule has 2 rings (SSSR count). The number of β-amino-alcohol motifs (C(OH)–C–C–N with tert-alkyl or cyclic N) is 1. The number of aliphatic hydroxyl groups is 1. The van der Waals surface area contributed by atoms with Crippen molar-refractivity contribution < 1.29 is 19.8 Å². The monoisotopic (exact) mass is 327 g/mol. The van der Waals surface area contributed by atoms with Crippen LogP contribution in [0.4, 0.5) is 0 Å². The van der Waals surface area contributed by atoms with E-state index in [0.717, 1.165) is 17.8 Å². The van der Waals surface area contributed by atoms with E-state index in [1.165, 1.54) is 11.3 Å². The highest BCUT2D eigenvalue weighted by Gasteiger charge is 2.37. The van der Waals surface area contributed by atoms with Crippen LogP contribution in [0.1, 0.15) is 28.0 Å². The van der Waals surface area contributed by atoms with Crippen molar-refractivity contribution in [3.8, 4) is 0 Å². The SMILES string of the molecule is CCCc1ncc(C(=O)N2C[C@@H](O)[C@@H](N(C)CC(=O)O)C2)s1. The lowest BCUT2D eigenvalue weighted by molar-refractivity contribution is -0.138. The highest BCUT2D eigenvalue weighted by Crippen LogP contribution is 2.21. The Balaban J connectivity index is 2.01. The number of hydrogen-bond acceptors (Lipinski definition) is 6. The second-order valence-corrected chi connectivity index (χ2v) is 6.64. The molecule has 1 aliphatic rings. The van der Waals surface area contributed by atoms with Crippen LogP contribution in [0.25, 0.3) is 0 Å². The Hall–Kier alpha value is -1.51. The molecule has 0 unspecified atom stereocenters. The predicted molar refractivity (Wildman–Crippen MR) is 82.1 cm³/mol. The van der Waals surface area contributed by atoms with Crippen LogP contribution in [0.5, 0.6) is 0 Å². The number of carboxylic acids is 1. The van der Waals surface area contributed by atoms with Crippen molar-refractivity contribution in [1.29, 1.82) is 0 Å². The van der Waals surface area contributed by atoms with Gasteiger partial charge in [-0.05, 0) is 19.9 Å². The van der Waals surface area contributed by atoms with Gasteiger partial charge in [-0.15, -0.1) is 11.3 Å². The van der Waals surface area contributed by atoms with Gasteiger partial charge in [0.15, 0.2) is 0 Å². The summed E-state index contributed by atoms with van der Waals surface area (Å²) in [6, 6.07) is -0.358. The Morgan fingerprint density at radius 1 is 1.50 bits per heavy atom. The summed E-state index contributed by atoms with van der Waals surface area (Å²) in [6.45, 7) is 2.44. The molecular weight excluding hydrogens is 306 g/mol. The molecule has 1 aromatic rings. The number of hydrogen-bond donors (Lipinski definition) is 2. The molecule has 1 aromatic heterocycles. The Labute approximate surface area is 133 Å². The van der Waals surface area contributed by atoms with Crippen LogP contribution in [-0.2, 0) is 11.2 Å². The van der Waals surface area contributed by atoms with E-state index < -0.39 is 12.1 Å². The van der Waals surface area contributed by atoms with E-state index in [2.05, 4.69) is 11.9 Å². The number of aromatic nitrogens is 1. The van der Waals surface area contributed by atoms with Crippen molar-refractivity contribution in [2.24, 2.45) is 0 Å². The number of aliphatic hydroxyl groups excluding tert-OH is 1. The number of amides is 1. The Kier molecular flexibility index (Phi) is 5.49.